The van der Waals surface area contributed by atoms with Gasteiger partial charge in [-0.15, -0.1) is 0 Å². The van der Waals surface area contributed by atoms with Crippen molar-refractivity contribution in [1.82, 2.24) is 14.7 Å². The molecule has 3 rings (SSSR count). The van der Waals surface area contributed by atoms with Gasteiger partial charge in [0.25, 0.3) is 0 Å². The lowest BCUT2D eigenvalue weighted by Crippen LogP contribution is -2.40. The number of para-hydroxylation sites is 1. The molecule has 6 heteroatoms. The minimum Gasteiger partial charge on any atom is -0.439 e. The molecule has 0 fully saturated rings. The summed E-state index contributed by atoms with van der Waals surface area (Å²) < 4.78 is 13.8. The van der Waals surface area contributed by atoms with Crippen molar-refractivity contribution >= 4 is 0 Å². The van der Waals surface area contributed by atoms with Crippen LogP contribution in [0.25, 0.3) is 11.3 Å². The summed E-state index contributed by atoms with van der Waals surface area (Å²) in [5, 5.41) is 15.5. The Hall–Kier alpha value is -2.67. The maximum absolute atomic E-state index is 10.7. The van der Waals surface area contributed by atoms with E-state index in [9.17, 15) is 5.11 Å². The van der Waals surface area contributed by atoms with E-state index in [0.29, 0.717) is 25.6 Å². The summed E-state index contributed by atoms with van der Waals surface area (Å²) in [6, 6.07) is 20.2. The molecular formula is C27H37N3O3. The smallest absolute Gasteiger partial charge is 0.222 e. The van der Waals surface area contributed by atoms with Crippen LogP contribution in [0.4, 0.5) is 0 Å². The van der Waals surface area contributed by atoms with Gasteiger partial charge in [0.1, 0.15) is 11.4 Å². The van der Waals surface area contributed by atoms with E-state index in [0.717, 1.165) is 29.0 Å². The number of rotatable bonds is 12. The van der Waals surface area contributed by atoms with Crippen molar-refractivity contribution in [2.24, 2.45) is 7.05 Å². The van der Waals surface area contributed by atoms with Gasteiger partial charge in [0.15, 0.2) is 0 Å². The number of aryl methyl sites for hydroxylation is 1. The van der Waals surface area contributed by atoms with Crippen molar-refractivity contribution in [1.29, 1.82) is 0 Å². The summed E-state index contributed by atoms with van der Waals surface area (Å²) in [6.07, 6.45) is 0.482. The predicted molar refractivity (Wildman–Crippen MR) is 132 cm³/mol. The molecule has 0 radical (unpaired) electrons. The molecule has 3 aromatic rings. The average Bonchev–Trinajstić information content (AvgIpc) is 3.13. The molecule has 0 saturated heterocycles. The molecule has 1 heterocycles. The lowest BCUT2D eigenvalue weighted by molar-refractivity contribution is -0.0149. The van der Waals surface area contributed by atoms with Gasteiger partial charge in [-0.1, -0.05) is 55.5 Å². The van der Waals surface area contributed by atoms with Crippen LogP contribution in [-0.2, 0) is 18.3 Å². The van der Waals surface area contributed by atoms with E-state index in [1.807, 2.05) is 69.4 Å². The number of aliphatic hydroxyl groups is 1. The highest BCUT2D eigenvalue weighted by molar-refractivity contribution is 5.65. The SMILES string of the molecule is CC[C@H](C)N(Cc1c(-c2ccccc2)nn(C)c1Oc1ccccc1)C[C@@H](O)COC(C)C. The van der Waals surface area contributed by atoms with Gasteiger partial charge in [0.2, 0.25) is 5.88 Å². The molecule has 178 valence electrons. The maximum Gasteiger partial charge on any atom is 0.222 e. The fourth-order valence-corrected chi connectivity index (χ4v) is 3.74. The molecule has 2 atom stereocenters. The van der Waals surface area contributed by atoms with Gasteiger partial charge in [0.05, 0.1) is 24.4 Å². The Labute approximate surface area is 197 Å². The standard InChI is InChI=1S/C27H37N3O3/c1-6-21(4)30(17-23(31)19-32-20(2)3)18-25-26(22-13-9-7-10-14-22)28-29(5)27(25)33-24-15-11-8-12-16-24/h7-16,20-21,23,31H,6,17-19H2,1-5H3/t21-,23+/m0/s1. The van der Waals surface area contributed by atoms with Gasteiger partial charge < -0.3 is 14.6 Å². The minimum atomic E-state index is -0.572. The molecule has 0 aliphatic carbocycles. The Balaban J connectivity index is 1.96. The van der Waals surface area contributed by atoms with E-state index >= 15 is 0 Å². The summed E-state index contributed by atoms with van der Waals surface area (Å²) in [4.78, 5) is 2.29. The van der Waals surface area contributed by atoms with Crippen molar-refractivity contribution in [3.05, 3.63) is 66.2 Å². The molecule has 2 aromatic carbocycles. The molecule has 0 bridgehead atoms. The Morgan fingerprint density at radius 3 is 2.24 bits per heavy atom. The first-order chi connectivity index (χ1) is 15.9. The molecule has 1 aromatic heterocycles. The van der Waals surface area contributed by atoms with Crippen molar-refractivity contribution in [2.75, 3.05) is 13.2 Å². The van der Waals surface area contributed by atoms with E-state index in [1.54, 1.807) is 4.68 Å². The molecule has 0 amide bonds. The zero-order valence-corrected chi connectivity index (χ0v) is 20.4. The third-order valence-electron chi connectivity index (χ3n) is 5.74. The number of hydrogen-bond acceptors (Lipinski definition) is 5. The normalized spacial score (nSPS) is 13.5. The van der Waals surface area contributed by atoms with Crippen molar-refractivity contribution in [3.63, 3.8) is 0 Å². The first-order valence-corrected chi connectivity index (χ1v) is 11.8. The summed E-state index contributed by atoms with van der Waals surface area (Å²) in [5.74, 6) is 1.48. The lowest BCUT2D eigenvalue weighted by atomic mass is 10.1. The van der Waals surface area contributed by atoms with Gasteiger partial charge >= 0.3 is 0 Å². The fourth-order valence-electron chi connectivity index (χ4n) is 3.74. The number of aromatic nitrogens is 2. The first-order valence-electron chi connectivity index (χ1n) is 11.8. The van der Waals surface area contributed by atoms with Crippen molar-refractivity contribution < 1.29 is 14.6 Å². The Morgan fingerprint density at radius 2 is 1.64 bits per heavy atom. The van der Waals surface area contributed by atoms with Gasteiger partial charge in [-0.25, -0.2) is 4.68 Å². The van der Waals surface area contributed by atoms with Crippen LogP contribution in [0.1, 0.15) is 39.7 Å². The first kappa shape index (κ1) is 25.0. The quantitative estimate of drug-likeness (QED) is 0.407. The van der Waals surface area contributed by atoms with Crippen LogP contribution < -0.4 is 4.74 Å². The van der Waals surface area contributed by atoms with Crippen molar-refractivity contribution in [2.45, 2.75) is 58.9 Å². The van der Waals surface area contributed by atoms with Gasteiger partial charge in [-0.2, -0.15) is 5.10 Å². The third kappa shape index (κ3) is 6.90. The highest BCUT2D eigenvalue weighted by Gasteiger charge is 2.25. The van der Waals surface area contributed by atoms with Crippen LogP contribution in [0.5, 0.6) is 11.6 Å². The number of hydrogen-bond donors (Lipinski definition) is 1. The fraction of sp³-hybridized carbons (Fsp3) is 0.444. The molecular weight excluding hydrogens is 414 g/mol. The molecule has 33 heavy (non-hydrogen) atoms. The largest absolute Gasteiger partial charge is 0.439 e. The topological polar surface area (TPSA) is 59.8 Å². The molecule has 0 aliphatic heterocycles. The second-order valence-corrected chi connectivity index (χ2v) is 8.76. The summed E-state index contributed by atoms with van der Waals surface area (Å²) in [6.45, 7) is 9.74. The summed E-state index contributed by atoms with van der Waals surface area (Å²) in [5.41, 5.74) is 2.94. The molecule has 0 spiro atoms. The Morgan fingerprint density at radius 1 is 1.00 bits per heavy atom. The van der Waals surface area contributed by atoms with E-state index in [4.69, 9.17) is 14.6 Å². The summed E-state index contributed by atoms with van der Waals surface area (Å²) >= 11 is 0. The molecule has 1 N–H and O–H groups in total. The number of aliphatic hydroxyl groups excluding tert-OH is 1. The average molecular weight is 452 g/mol. The van der Waals surface area contributed by atoms with Gasteiger partial charge in [-0.05, 0) is 39.3 Å². The van der Waals surface area contributed by atoms with Crippen LogP contribution in [0, 0.1) is 0 Å². The van der Waals surface area contributed by atoms with Crippen LogP contribution in [0.3, 0.4) is 0 Å². The lowest BCUT2D eigenvalue weighted by Gasteiger charge is -2.31. The number of benzene rings is 2. The zero-order chi connectivity index (χ0) is 23.8. The van der Waals surface area contributed by atoms with Crippen LogP contribution in [0.2, 0.25) is 0 Å². The zero-order valence-electron chi connectivity index (χ0n) is 20.4. The number of nitrogens with zero attached hydrogens (tertiary/aromatic N) is 3. The number of ether oxygens (including phenoxy) is 2. The minimum absolute atomic E-state index is 0.0885. The van der Waals surface area contributed by atoms with Gasteiger partial charge in [0, 0.05) is 31.7 Å². The van der Waals surface area contributed by atoms with Gasteiger partial charge in [-0.3, -0.25) is 4.90 Å². The second-order valence-electron chi connectivity index (χ2n) is 8.76. The maximum atomic E-state index is 10.7. The second kappa shape index (κ2) is 12.0. The van der Waals surface area contributed by atoms with Crippen LogP contribution in [-0.4, -0.2) is 51.2 Å². The molecule has 0 aliphatic rings. The van der Waals surface area contributed by atoms with E-state index in [1.165, 1.54) is 0 Å². The van der Waals surface area contributed by atoms with E-state index in [-0.39, 0.29) is 12.1 Å². The monoisotopic (exact) mass is 451 g/mol. The predicted octanol–water partition coefficient (Wildman–Crippen LogP) is 5.27. The highest BCUT2D eigenvalue weighted by atomic mass is 16.5. The van der Waals surface area contributed by atoms with Crippen molar-refractivity contribution in [3.8, 4) is 22.9 Å². The van der Waals surface area contributed by atoms with E-state index < -0.39 is 6.10 Å². The van der Waals surface area contributed by atoms with E-state index in [2.05, 4.69) is 30.9 Å². The molecule has 0 unspecified atom stereocenters. The molecule has 6 nitrogen and oxygen atoms in total. The Kier molecular flexibility index (Phi) is 9.06. The molecule has 0 saturated carbocycles. The summed E-state index contributed by atoms with van der Waals surface area (Å²) in [7, 11) is 1.91. The third-order valence-corrected chi connectivity index (χ3v) is 5.74. The van der Waals surface area contributed by atoms with Crippen LogP contribution in [0.15, 0.2) is 60.7 Å². The van der Waals surface area contributed by atoms with Crippen LogP contribution >= 0.6 is 0 Å². The highest BCUT2D eigenvalue weighted by Crippen LogP contribution is 2.34. The Bertz CT molecular complexity index is 973.